The van der Waals surface area contributed by atoms with Crippen LogP contribution in [0.5, 0.6) is 11.5 Å². The lowest BCUT2D eigenvalue weighted by atomic mass is 10.0. The van der Waals surface area contributed by atoms with Crippen LogP contribution in [0, 0.1) is 11.6 Å². The van der Waals surface area contributed by atoms with Gasteiger partial charge in [-0.2, -0.15) is 8.42 Å². The standard InChI is InChI=1S/C19H12F2O5S/c20-16-2-1-3-17(21)18(16)19(22)12-4-6-13(7-5-12)26-14-8-10-15(11-9-14)27(23,24)25/h1-11H,(H,23,24,25). The molecule has 5 nitrogen and oxygen atoms in total. The average Bonchev–Trinajstić information content (AvgIpc) is 2.62. The zero-order valence-electron chi connectivity index (χ0n) is 13.6. The van der Waals surface area contributed by atoms with Gasteiger partial charge in [-0.15, -0.1) is 0 Å². The first-order valence-electron chi connectivity index (χ1n) is 7.60. The summed E-state index contributed by atoms with van der Waals surface area (Å²) in [7, 11) is -4.30. The summed E-state index contributed by atoms with van der Waals surface area (Å²) in [6, 6.07) is 13.8. The predicted molar refractivity (Wildman–Crippen MR) is 92.6 cm³/mol. The summed E-state index contributed by atoms with van der Waals surface area (Å²) in [5.41, 5.74) is -0.556. The molecule has 0 aliphatic carbocycles. The molecule has 3 aromatic carbocycles. The van der Waals surface area contributed by atoms with Gasteiger partial charge in [-0.1, -0.05) is 6.07 Å². The van der Waals surface area contributed by atoms with Crippen LogP contribution >= 0.6 is 0 Å². The van der Waals surface area contributed by atoms with Crippen LogP contribution in [-0.4, -0.2) is 18.8 Å². The summed E-state index contributed by atoms with van der Waals surface area (Å²) in [5, 5.41) is 0. The highest BCUT2D eigenvalue weighted by Gasteiger charge is 2.18. The summed E-state index contributed by atoms with van der Waals surface area (Å²) in [4.78, 5) is 12.0. The highest BCUT2D eigenvalue weighted by atomic mass is 32.2. The van der Waals surface area contributed by atoms with Gasteiger partial charge in [0.15, 0.2) is 5.78 Å². The first-order valence-corrected chi connectivity index (χ1v) is 9.04. The van der Waals surface area contributed by atoms with Crippen LogP contribution in [0.3, 0.4) is 0 Å². The molecule has 3 rings (SSSR count). The third-order valence-electron chi connectivity index (χ3n) is 3.66. The Labute approximate surface area is 153 Å². The maximum Gasteiger partial charge on any atom is 0.294 e. The summed E-state index contributed by atoms with van der Waals surface area (Å²) >= 11 is 0. The molecule has 0 spiro atoms. The molecule has 0 aromatic heterocycles. The molecule has 0 aliphatic heterocycles. The Bertz CT molecular complexity index is 1070. The number of hydrogen-bond donors (Lipinski definition) is 1. The zero-order chi connectivity index (χ0) is 19.6. The number of benzene rings is 3. The van der Waals surface area contributed by atoms with Gasteiger partial charge >= 0.3 is 0 Å². The molecular weight excluding hydrogens is 378 g/mol. The van der Waals surface area contributed by atoms with Crippen molar-refractivity contribution < 1.29 is 31.3 Å². The Morgan fingerprint density at radius 3 is 1.78 bits per heavy atom. The molecule has 0 saturated heterocycles. The fourth-order valence-electron chi connectivity index (χ4n) is 2.35. The fourth-order valence-corrected chi connectivity index (χ4v) is 2.83. The van der Waals surface area contributed by atoms with Crippen LogP contribution in [0.15, 0.2) is 71.6 Å². The van der Waals surface area contributed by atoms with Crippen molar-refractivity contribution in [2.75, 3.05) is 0 Å². The molecular formula is C19H12F2O5S. The van der Waals surface area contributed by atoms with Gasteiger partial charge in [0.2, 0.25) is 0 Å². The number of hydrogen-bond acceptors (Lipinski definition) is 4. The lowest BCUT2D eigenvalue weighted by Gasteiger charge is -2.08. The van der Waals surface area contributed by atoms with E-state index in [9.17, 15) is 22.0 Å². The molecule has 8 heteroatoms. The Balaban J connectivity index is 1.78. The Hall–Kier alpha value is -3.10. The topological polar surface area (TPSA) is 80.7 Å². The molecule has 0 saturated carbocycles. The molecule has 0 heterocycles. The van der Waals surface area contributed by atoms with Gasteiger partial charge in [0.05, 0.1) is 10.5 Å². The van der Waals surface area contributed by atoms with E-state index in [1.54, 1.807) is 0 Å². The molecule has 3 aromatic rings. The maximum atomic E-state index is 13.7. The third kappa shape index (κ3) is 4.18. The molecule has 0 fully saturated rings. The van der Waals surface area contributed by atoms with Crippen molar-refractivity contribution in [3.8, 4) is 11.5 Å². The monoisotopic (exact) mass is 390 g/mol. The second kappa shape index (κ2) is 7.26. The molecule has 138 valence electrons. The number of carbonyl (C=O) groups excluding carboxylic acids is 1. The molecule has 0 bridgehead atoms. The summed E-state index contributed by atoms with van der Waals surface area (Å²) in [6.07, 6.45) is 0. The van der Waals surface area contributed by atoms with Gasteiger partial charge < -0.3 is 4.74 Å². The molecule has 0 unspecified atom stereocenters. The van der Waals surface area contributed by atoms with E-state index in [4.69, 9.17) is 9.29 Å². The number of ketones is 1. The Morgan fingerprint density at radius 2 is 1.30 bits per heavy atom. The molecule has 0 radical (unpaired) electrons. The van der Waals surface area contributed by atoms with Gasteiger partial charge in [-0.05, 0) is 60.7 Å². The van der Waals surface area contributed by atoms with Gasteiger partial charge in [0.25, 0.3) is 10.1 Å². The van der Waals surface area contributed by atoms with Crippen LogP contribution in [-0.2, 0) is 10.1 Å². The molecule has 1 N–H and O–H groups in total. The van der Waals surface area contributed by atoms with E-state index < -0.39 is 33.1 Å². The molecule has 27 heavy (non-hydrogen) atoms. The van der Waals surface area contributed by atoms with Crippen molar-refractivity contribution in [2.45, 2.75) is 4.90 Å². The van der Waals surface area contributed by atoms with Crippen LogP contribution in [0.2, 0.25) is 0 Å². The number of rotatable bonds is 5. The van der Waals surface area contributed by atoms with E-state index in [-0.39, 0.29) is 10.5 Å². The van der Waals surface area contributed by atoms with Crippen molar-refractivity contribution in [1.82, 2.24) is 0 Å². The van der Waals surface area contributed by atoms with E-state index in [2.05, 4.69) is 0 Å². The van der Waals surface area contributed by atoms with Gasteiger partial charge in [0.1, 0.15) is 23.1 Å². The molecule has 0 atom stereocenters. The number of ether oxygens (including phenoxy) is 1. The lowest BCUT2D eigenvalue weighted by molar-refractivity contribution is 0.103. The lowest BCUT2D eigenvalue weighted by Crippen LogP contribution is -2.07. The smallest absolute Gasteiger partial charge is 0.294 e. The number of carbonyl (C=O) groups is 1. The van der Waals surface area contributed by atoms with Crippen LogP contribution in [0.1, 0.15) is 15.9 Å². The van der Waals surface area contributed by atoms with Crippen LogP contribution in [0.4, 0.5) is 8.78 Å². The Kier molecular flexibility index (Phi) is 5.02. The fraction of sp³-hybridized carbons (Fsp3) is 0. The average molecular weight is 390 g/mol. The first kappa shape index (κ1) is 18.7. The van der Waals surface area contributed by atoms with Crippen molar-refractivity contribution in [3.63, 3.8) is 0 Å². The zero-order valence-corrected chi connectivity index (χ0v) is 14.4. The highest BCUT2D eigenvalue weighted by molar-refractivity contribution is 7.85. The molecule has 0 aliphatic rings. The summed E-state index contributed by atoms with van der Waals surface area (Å²) < 4.78 is 63.9. The van der Waals surface area contributed by atoms with Crippen molar-refractivity contribution in [1.29, 1.82) is 0 Å². The van der Waals surface area contributed by atoms with E-state index in [1.165, 1.54) is 54.6 Å². The SMILES string of the molecule is O=C(c1ccc(Oc2ccc(S(=O)(=O)O)cc2)cc1)c1c(F)cccc1F. The minimum absolute atomic E-state index is 0.0769. The maximum absolute atomic E-state index is 13.7. The van der Waals surface area contributed by atoms with E-state index >= 15 is 0 Å². The minimum Gasteiger partial charge on any atom is -0.457 e. The quantitative estimate of drug-likeness (QED) is 0.521. The van der Waals surface area contributed by atoms with Crippen molar-refractivity contribution in [2.24, 2.45) is 0 Å². The van der Waals surface area contributed by atoms with E-state index in [1.807, 2.05) is 0 Å². The van der Waals surface area contributed by atoms with Crippen LogP contribution in [0.25, 0.3) is 0 Å². The minimum atomic E-state index is -4.30. The molecule has 0 amide bonds. The second-order valence-electron chi connectivity index (χ2n) is 5.50. The summed E-state index contributed by atoms with van der Waals surface area (Å²) in [6.45, 7) is 0. The first-order chi connectivity index (χ1) is 12.8. The van der Waals surface area contributed by atoms with E-state index in [0.29, 0.717) is 11.5 Å². The van der Waals surface area contributed by atoms with Crippen molar-refractivity contribution in [3.05, 3.63) is 89.5 Å². The largest absolute Gasteiger partial charge is 0.457 e. The predicted octanol–water partition coefficient (Wildman–Crippen LogP) is 4.23. The normalized spacial score (nSPS) is 11.2. The van der Waals surface area contributed by atoms with Crippen LogP contribution < -0.4 is 4.74 Å². The highest BCUT2D eigenvalue weighted by Crippen LogP contribution is 2.24. The van der Waals surface area contributed by atoms with Crippen molar-refractivity contribution >= 4 is 15.9 Å². The van der Waals surface area contributed by atoms with Gasteiger partial charge in [0, 0.05) is 5.56 Å². The second-order valence-corrected chi connectivity index (χ2v) is 6.92. The van der Waals surface area contributed by atoms with Gasteiger partial charge in [-0.25, -0.2) is 8.78 Å². The number of halogens is 2. The van der Waals surface area contributed by atoms with E-state index in [0.717, 1.165) is 12.1 Å². The Morgan fingerprint density at radius 1 is 0.815 bits per heavy atom. The third-order valence-corrected chi connectivity index (χ3v) is 4.53. The van der Waals surface area contributed by atoms with Gasteiger partial charge in [-0.3, -0.25) is 9.35 Å². The summed E-state index contributed by atoms with van der Waals surface area (Å²) in [5.74, 6) is -2.07.